The van der Waals surface area contributed by atoms with Gasteiger partial charge in [0.15, 0.2) is 22.6 Å². The van der Waals surface area contributed by atoms with Crippen molar-refractivity contribution in [2.45, 2.75) is 82.5 Å². The third kappa shape index (κ3) is 22.2. The average Bonchev–Trinajstić information content (AvgIpc) is 1.62. The Morgan fingerprint density at radius 2 is 0.664 bits per heavy atom. The minimum Gasteiger partial charge on any atom is -0.457 e. The molecular formula is C106H107N25O9. The van der Waals surface area contributed by atoms with Crippen molar-refractivity contribution in [3.63, 3.8) is 0 Å². The number of terminal acetylenes is 1. The lowest BCUT2D eigenvalue weighted by Gasteiger charge is -2.32. The quantitative estimate of drug-likeness (QED) is 0.0341. The lowest BCUT2D eigenvalue weighted by atomic mass is 10.1. The van der Waals surface area contributed by atoms with Crippen LogP contribution in [-0.4, -0.2) is 214 Å². The number of likely N-dealkylation sites (tertiary alicyclic amines) is 4. The van der Waals surface area contributed by atoms with Crippen LogP contribution in [0.4, 0.5) is 23.3 Å². The molecule has 4 aliphatic rings. The van der Waals surface area contributed by atoms with Gasteiger partial charge in [-0.15, -0.1) is 6.42 Å². The predicted molar refractivity (Wildman–Crippen MR) is 539 cm³/mol. The molecule has 4 aliphatic heterocycles. The number of para-hydroxylation sites is 4. The van der Waals surface area contributed by atoms with Crippen molar-refractivity contribution in [3.05, 3.63) is 280 Å². The highest BCUT2D eigenvalue weighted by Crippen LogP contribution is 2.42. The first-order valence-corrected chi connectivity index (χ1v) is 46.3. The van der Waals surface area contributed by atoms with Crippen molar-refractivity contribution >= 4 is 91.0 Å². The number of likely N-dealkylation sites (N-methyl/N-ethyl adjacent to an activating group) is 1. The molecule has 4 amide bonds. The summed E-state index contributed by atoms with van der Waals surface area (Å²) >= 11 is 0. The molecule has 12 heterocycles. The van der Waals surface area contributed by atoms with Crippen LogP contribution in [0.25, 0.3) is 89.2 Å². The number of piperidine rings is 4. The number of hydrogen-bond donors (Lipinski definition) is 4. The molecule has 34 heteroatoms. The molecule has 0 bridgehead atoms. The molecule has 3 unspecified atom stereocenters. The van der Waals surface area contributed by atoms with E-state index in [1.165, 1.54) is 31.4 Å². The lowest BCUT2D eigenvalue weighted by molar-refractivity contribution is -0.128. The maximum absolute atomic E-state index is 13.0. The van der Waals surface area contributed by atoms with Gasteiger partial charge in [-0.05, 0) is 230 Å². The summed E-state index contributed by atoms with van der Waals surface area (Å²) in [5.74, 6) is 9.30. The van der Waals surface area contributed by atoms with E-state index in [4.69, 9.17) is 73.4 Å². The van der Waals surface area contributed by atoms with Crippen molar-refractivity contribution in [2.75, 3.05) is 110 Å². The number of anilines is 4. The minimum atomic E-state index is -0.306. The number of methoxy groups -OCH3 is 1. The fourth-order valence-corrected chi connectivity index (χ4v) is 17.9. The zero-order chi connectivity index (χ0) is 97.1. The number of amides is 4. The Labute approximate surface area is 808 Å². The highest BCUT2D eigenvalue weighted by atomic mass is 16.5. The van der Waals surface area contributed by atoms with Crippen LogP contribution in [-0.2, 0) is 23.9 Å². The molecule has 0 aliphatic carbocycles. The molecule has 20 rings (SSSR count). The van der Waals surface area contributed by atoms with Crippen molar-refractivity contribution in [2.24, 2.45) is 0 Å². The monoisotopic (exact) mass is 1870 g/mol. The summed E-state index contributed by atoms with van der Waals surface area (Å²) in [6, 6.07) is 69.2. The number of hydrogen-bond acceptors (Lipinski definition) is 26. The van der Waals surface area contributed by atoms with Gasteiger partial charge in [0.05, 0.1) is 52.3 Å². The minimum absolute atomic E-state index is 0.00566. The fraction of sp³-hybridized carbons (Fsp3) is 0.245. The molecule has 0 saturated carbocycles. The van der Waals surface area contributed by atoms with Crippen LogP contribution >= 0.6 is 0 Å². The van der Waals surface area contributed by atoms with E-state index in [1.54, 1.807) is 35.1 Å². The number of aromatic nitrogens is 16. The molecule has 0 spiro atoms. The molecule has 4 atom stereocenters. The van der Waals surface area contributed by atoms with Gasteiger partial charge >= 0.3 is 0 Å². The van der Waals surface area contributed by atoms with E-state index in [1.807, 2.05) is 268 Å². The molecule has 0 radical (unpaired) electrons. The molecule has 8 N–H and O–H groups in total. The smallest absolute Gasteiger partial charge is 0.298 e. The summed E-state index contributed by atoms with van der Waals surface area (Å²) in [5, 5.41) is 22.5. The Kier molecular flexibility index (Phi) is 29.9. The van der Waals surface area contributed by atoms with Gasteiger partial charge in [0, 0.05) is 100 Å². The van der Waals surface area contributed by atoms with E-state index in [-0.39, 0.29) is 47.8 Å². The number of fused-ring (bicyclic) bond motifs is 4. The maximum Gasteiger partial charge on any atom is 0.298 e. The molecule has 16 aromatic rings. The van der Waals surface area contributed by atoms with Crippen LogP contribution in [0.3, 0.4) is 0 Å². The first kappa shape index (κ1) is 94.7. The van der Waals surface area contributed by atoms with Gasteiger partial charge in [-0.25, -0.2) is 58.6 Å². The Bertz CT molecular complexity index is 7160. The standard InChI is InChI=1S/C29H33N7O2.C27H28N6O3.C25H24N6O2.C25H22N6O2/c1-20(17-34(2)3)16-25(37)35-15-7-8-22(18-35)36-29-26(28(30)31-19-32-29)27(33-36)21-11-13-24(14-12-21)38-23-9-5-4-6-10-23;1-35-16-6-10-23(34)32-15-5-7-20(17-32)33-27-24(26(28)29-18-30-27)25(31-33)19-11-13-22(14-12-19)36-21-8-3-2-4-9-21;2*1-2-21(32)30-14-6-7-18(15-30)31-25-22(24(26)27-16-28-25)23(29-31)17-10-12-20(13-11-17)33-19-8-4-3-5-9-19/h4-6,9-14,16,19,22H,7-8,15,17-18H2,1-3H3,(H2,30,31,32);2-4,6,8-14,18,20H,5,7,15-17H2,1H3,(H2,28,29,30);2-5,8-13,16,18H,1,6-7,14-15H2,(H2,26,27,28);1,3-5,8-13,16,18H,6-7,14-15H2,(H2,26,27,28)/b20-16+;10-6+;;/t;;18-;/m..1./s1. The molecule has 4 fully saturated rings. The SMILES string of the molecule is C#CC(=O)N1CCCC(n2nc(-c3ccc(Oc4ccccc4)cc3)c3c(N)ncnc32)C1.C/C(=C\C(=O)N1CCCC(n2nc(-c3ccc(Oc4ccccc4)cc3)c3c(N)ncnc32)C1)CN(C)C.C=CC(=O)N1CCC[C@@H](n2nc(-c3ccc(Oc4ccccc4)cc3)c3c(N)ncnc32)C1.COC/C=C/C(=O)N1CCCC(n2nc(-c3ccc(Oc4ccccc4)cc3)c3c(N)ncnc32)C1. The number of nitrogens with zero attached hydrogens (tertiary/aromatic N) is 21. The number of carbonyl (C=O) groups excluding carboxylic acids is 4. The van der Waals surface area contributed by atoms with Gasteiger partial charge in [-0.1, -0.05) is 91.0 Å². The molecule has 140 heavy (non-hydrogen) atoms. The van der Waals surface area contributed by atoms with E-state index < -0.39 is 0 Å². The second kappa shape index (κ2) is 44.2. The summed E-state index contributed by atoms with van der Waals surface area (Å²) in [4.78, 5) is 94.0. The summed E-state index contributed by atoms with van der Waals surface area (Å²) in [6.45, 7) is 11.7. The second-order valence-electron chi connectivity index (χ2n) is 34.5. The fourth-order valence-electron chi connectivity index (χ4n) is 17.9. The summed E-state index contributed by atoms with van der Waals surface area (Å²) in [7, 11) is 5.59. The largest absolute Gasteiger partial charge is 0.457 e. The summed E-state index contributed by atoms with van der Waals surface area (Å²) in [5.41, 5.74) is 35.2. The molecule has 8 aromatic carbocycles. The van der Waals surface area contributed by atoms with Crippen molar-refractivity contribution in [1.82, 2.24) is 103 Å². The number of carbonyl (C=O) groups is 4. The topological polar surface area (TPSA) is 409 Å². The average molecular weight is 1880 g/mol. The Morgan fingerprint density at radius 1 is 0.393 bits per heavy atom. The first-order valence-electron chi connectivity index (χ1n) is 46.3. The van der Waals surface area contributed by atoms with Gasteiger partial charge in [-0.2, -0.15) is 20.4 Å². The van der Waals surface area contributed by atoms with Crippen LogP contribution < -0.4 is 41.9 Å². The maximum atomic E-state index is 13.0. The number of ether oxygens (including phenoxy) is 5. The third-order valence-electron chi connectivity index (χ3n) is 24.4. The van der Waals surface area contributed by atoms with Gasteiger partial charge < -0.3 is 71.1 Å². The first-order chi connectivity index (χ1) is 68.3. The number of nitrogen functional groups attached to an aromatic ring is 4. The number of rotatable bonds is 23. The predicted octanol–water partition coefficient (Wildman–Crippen LogP) is 16.7. The van der Waals surface area contributed by atoms with Crippen molar-refractivity contribution in [3.8, 4) is 103 Å². The zero-order valence-electron chi connectivity index (χ0n) is 78.1. The van der Waals surface area contributed by atoms with Crippen LogP contribution in [0.15, 0.2) is 280 Å². The van der Waals surface area contributed by atoms with Gasteiger partial charge in [0.1, 0.15) is 117 Å². The number of benzene rings is 8. The number of nitrogens with two attached hydrogens (primary N) is 4. The third-order valence-corrected chi connectivity index (χ3v) is 24.4. The van der Waals surface area contributed by atoms with E-state index >= 15 is 0 Å². The van der Waals surface area contributed by atoms with Gasteiger partial charge in [0.25, 0.3) is 5.91 Å². The molecule has 4 saturated heterocycles. The van der Waals surface area contributed by atoms with E-state index in [9.17, 15) is 19.2 Å². The second-order valence-corrected chi connectivity index (χ2v) is 34.5. The molecule has 8 aromatic heterocycles. The Balaban J connectivity index is 0.000000129. The van der Waals surface area contributed by atoms with E-state index in [0.29, 0.717) is 137 Å². The zero-order valence-corrected chi connectivity index (χ0v) is 78.1. The van der Waals surface area contributed by atoms with E-state index in [0.717, 1.165) is 144 Å². The van der Waals surface area contributed by atoms with Crippen LogP contribution in [0.5, 0.6) is 46.0 Å². The van der Waals surface area contributed by atoms with E-state index in [2.05, 4.69) is 57.3 Å². The van der Waals surface area contributed by atoms with Crippen molar-refractivity contribution < 1.29 is 42.9 Å². The molecule has 34 nitrogen and oxygen atoms in total. The highest BCUT2D eigenvalue weighted by molar-refractivity contribution is 6.02. The van der Waals surface area contributed by atoms with Crippen molar-refractivity contribution in [1.29, 1.82) is 0 Å². The van der Waals surface area contributed by atoms with Crippen LogP contribution in [0, 0.1) is 12.3 Å². The highest BCUT2D eigenvalue weighted by Gasteiger charge is 2.34. The lowest BCUT2D eigenvalue weighted by Crippen LogP contribution is -2.40. The summed E-state index contributed by atoms with van der Waals surface area (Å²) < 4.78 is 36.2. The molecule has 710 valence electrons. The Hall–Kier alpha value is -17.1. The molecular weight excluding hydrogens is 1770 g/mol. The van der Waals surface area contributed by atoms with Crippen LogP contribution in [0.1, 0.15) is 82.5 Å². The Morgan fingerprint density at radius 3 is 0.943 bits per heavy atom. The van der Waals surface area contributed by atoms with Gasteiger partial charge in [-0.3, -0.25) is 19.2 Å². The van der Waals surface area contributed by atoms with Crippen LogP contribution in [0.2, 0.25) is 0 Å². The normalized spacial score (nSPS) is 16.0. The summed E-state index contributed by atoms with van der Waals surface area (Å²) in [6.07, 6.45) is 24.5. The van der Waals surface area contributed by atoms with Gasteiger partial charge in [0.2, 0.25) is 17.7 Å².